The summed E-state index contributed by atoms with van der Waals surface area (Å²) in [6.07, 6.45) is 9.56. The first-order valence-electron chi connectivity index (χ1n) is 7.86. The van der Waals surface area contributed by atoms with Gasteiger partial charge in [0.1, 0.15) is 5.75 Å². The van der Waals surface area contributed by atoms with E-state index in [2.05, 4.69) is 19.6 Å². The summed E-state index contributed by atoms with van der Waals surface area (Å²) in [7, 11) is 0. The summed E-state index contributed by atoms with van der Waals surface area (Å²) < 4.78 is 4.97. The van der Waals surface area contributed by atoms with Gasteiger partial charge >= 0.3 is 5.97 Å². The largest absolute Gasteiger partial charge is 0.508 e. The highest BCUT2D eigenvalue weighted by molar-refractivity contribution is 5.87. The van der Waals surface area contributed by atoms with Crippen molar-refractivity contribution in [3.63, 3.8) is 0 Å². The van der Waals surface area contributed by atoms with Crippen molar-refractivity contribution in [2.24, 2.45) is 5.41 Å². The van der Waals surface area contributed by atoms with Crippen LogP contribution in [0.5, 0.6) is 5.75 Å². The summed E-state index contributed by atoms with van der Waals surface area (Å²) >= 11 is 0. The van der Waals surface area contributed by atoms with Gasteiger partial charge in [0.2, 0.25) is 0 Å². The molecule has 0 radical (unpaired) electrons. The van der Waals surface area contributed by atoms with Crippen LogP contribution in [0.1, 0.15) is 39.2 Å². The minimum Gasteiger partial charge on any atom is -0.508 e. The first kappa shape index (κ1) is 18.8. The fourth-order valence-corrected chi connectivity index (χ4v) is 2.05. The van der Waals surface area contributed by atoms with Crippen molar-refractivity contribution in [1.82, 2.24) is 0 Å². The smallest absolute Gasteiger partial charge is 0.333 e. The molecule has 0 aliphatic carbocycles. The first-order valence-corrected chi connectivity index (χ1v) is 7.86. The van der Waals surface area contributed by atoms with Crippen molar-refractivity contribution in [3.05, 3.63) is 60.2 Å². The fourth-order valence-electron chi connectivity index (χ4n) is 2.05. The van der Waals surface area contributed by atoms with Crippen LogP contribution < -0.4 is 0 Å². The zero-order chi connectivity index (χ0) is 17.3. The third-order valence-corrected chi connectivity index (χ3v) is 3.75. The molecule has 0 saturated carbocycles. The van der Waals surface area contributed by atoms with E-state index in [9.17, 15) is 9.90 Å². The minimum absolute atomic E-state index is 0.163. The SMILES string of the molecule is C=C[C@@](C)(/C=C/c1ccc(O)cc1)CC/C=C(\C)C(=O)OCC. The molecule has 0 heterocycles. The molecule has 124 valence electrons. The maximum absolute atomic E-state index is 11.6. The second-order valence-corrected chi connectivity index (χ2v) is 5.78. The van der Waals surface area contributed by atoms with Crippen LogP contribution in [0.3, 0.4) is 0 Å². The standard InChI is InChI=1S/C20H26O3/c1-5-20(4,14-7-8-16(3)19(22)23-6-2)15-13-17-9-11-18(21)12-10-17/h5,8-13,15,21H,1,6-7,14H2,2-4H3/b15-13+,16-8+/t20-/m1/s1. The molecule has 0 aliphatic heterocycles. The summed E-state index contributed by atoms with van der Waals surface area (Å²) in [5, 5.41) is 9.30. The number of esters is 1. The fraction of sp³-hybridized carbons (Fsp3) is 0.350. The molecule has 0 fully saturated rings. The summed E-state index contributed by atoms with van der Waals surface area (Å²) in [4.78, 5) is 11.6. The van der Waals surface area contributed by atoms with Gasteiger partial charge in [0.15, 0.2) is 0 Å². The molecule has 0 aliphatic rings. The van der Waals surface area contributed by atoms with Crippen LogP contribution in [-0.2, 0) is 9.53 Å². The average molecular weight is 314 g/mol. The molecule has 1 aromatic rings. The van der Waals surface area contributed by atoms with Gasteiger partial charge in [-0.25, -0.2) is 4.79 Å². The number of aromatic hydroxyl groups is 1. The Balaban J connectivity index is 2.67. The van der Waals surface area contributed by atoms with E-state index in [-0.39, 0.29) is 17.1 Å². The topological polar surface area (TPSA) is 46.5 Å². The zero-order valence-corrected chi connectivity index (χ0v) is 14.2. The molecule has 0 unspecified atom stereocenters. The molecule has 0 aromatic heterocycles. The number of phenols is 1. The van der Waals surface area contributed by atoms with Gasteiger partial charge in [-0.1, -0.05) is 43.4 Å². The number of benzene rings is 1. The lowest BCUT2D eigenvalue weighted by Crippen LogP contribution is -2.09. The van der Waals surface area contributed by atoms with Crippen LogP contribution in [0, 0.1) is 5.41 Å². The molecule has 0 amide bonds. The number of carbonyl (C=O) groups is 1. The molecular weight excluding hydrogens is 288 g/mol. The van der Waals surface area contributed by atoms with E-state index in [0.29, 0.717) is 12.2 Å². The Morgan fingerprint density at radius 1 is 1.35 bits per heavy atom. The summed E-state index contributed by atoms with van der Waals surface area (Å²) in [6, 6.07) is 7.05. The summed E-state index contributed by atoms with van der Waals surface area (Å²) in [6.45, 7) is 9.99. The van der Waals surface area contributed by atoms with Gasteiger partial charge in [0, 0.05) is 11.0 Å². The van der Waals surface area contributed by atoms with Crippen molar-refractivity contribution in [3.8, 4) is 5.75 Å². The van der Waals surface area contributed by atoms with Crippen molar-refractivity contribution in [2.45, 2.75) is 33.6 Å². The lowest BCUT2D eigenvalue weighted by atomic mass is 9.84. The molecule has 3 heteroatoms. The Morgan fingerprint density at radius 2 is 2.00 bits per heavy atom. The number of phenolic OH excluding ortho intramolecular Hbond substituents is 1. The minimum atomic E-state index is -0.257. The third kappa shape index (κ3) is 6.55. The molecular formula is C20H26O3. The number of allylic oxidation sites excluding steroid dienone is 3. The Hall–Kier alpha value is -2.29. The van der Waals surface area contributed by atoms with Gasteiger partial charge in [0.25, 0.3) is 0 Å². The molecule has 1 rings (SSSR count). The van der Waals surface area contributed by atoms with Gasteiger partial charge in [-0.15, -0.1) is 6.58 Å². The predicted octanol–water partition coefficient (Wildman–Crippen LogP) is 4.89. The van der Waals surface area contributed by atoms with E-state index in [1.165, 1.54) is 0 Å². The number of rotatable bonds is 8. The molecule has 1 N–H and O–H groups in total. The van der Waals surface area contributed by atoms with Crippen LogP contribution in [0.4, 0.5) is 0 Å². The Morgan fingerprint density at radius 3 is 2.57 bits per heavy atom. The number of hydrogen-bond donors (Lipinski definition) is 1. The molecule has 1 atom stereocenters. The van der Waals surface area contributed by atoms with Crippen LogP contribution in [0.2, 0.25) is 0 Å². The highest BCUT2D eigenvalue weighted by Gasteiger charge is 2.15. The zero-order valence-electron chi connectivity index (χ0n) is 14.2. The maximum atomic E-state index is 11.6. The van der Waals surface area contributed by atoms with Crippen LogP contribution in [0.15, 0.2) is 54.6 Å². The monoisotopic (exact) mass is 314 g/mol. The van der Waals surface area contributed by atoms with E-state index >= 15 is 0 Å². The quantitative estimate of drug-likeness (QED) is 0.422. The van der Waals surface area contributed by atoms with Crippen LogP contribution in [-0.4, -0.2) is 17.7 Å². The number of carbonyl (C=O) groups excluding carboxylic acids is 1. The lowest BCUT2D eigenvalue weighted by Gasteiger charge is -2.20. The van der Waals surface area contributed by atoms with Gasteiger partial charge in [-0.3, -0.25) is 0 Å². The molecule has 1 aromatic carbocycles. The van der Waals surface area contributed by atoms with E-state index in [1.807, 2.05) is 30.4 Å². The van der Waals surface area contributed by atoms with E-state index < -0.39 is 0 Å². The highest BCUT2D eigenvalue weighted by Crippen LogP contribution is 2.28. The second kappa shape index (κ2) is 8.99. The molecule has 3 nitrogen and oxygen atoms in total. The van der Waals surface area contributed by atoms with Crippen LogP contribution in [0.25, 0.3) is 6.08 Å². The van der Waals surface area contributed by atoms with E-state index in [0.717, 1.165) is 18.4 Å². The van der Waals surface area contributed by atoms with Crippen molar-refractivity contribution in [2.75, 3.05) is 6.61 Å². The summed E-state index contributed by atoms with van der Waals surface area (Å²) in [5.74, 6) is 0.000603. The summed E-state index contributed by atoms with van der Waals surface area (Å²) in [5.41, 5.74) is 1.50. The maximum Gasteiger partial charge on any atom is 0.333 e. The van der Waals surface area contributed by atoms with E-state index in [1.54, 1.807) is 26.0 Å². The number of hydrogen-bond acceptors (Lipinski definition) is 3. The molecule has 0 spiro atoms. The lowest BCUT2D eigenvalue weighted by molar-refractivity contribution is -0.138. The second-order valence-electron chi connectivity index (χ2n) is 5.78. The number of ether oxygens (including phenoxy) is 1. The Labute approximate surface area is 139 Å². The van der Waals surface area contributed by atoms with Gasteiger partial charge in [-0.2, -0.15) is 0 Å². The van der Waals surface area contributed by atoms with Crippen molar-refractivity contribution in [1.29, 1.82) is 0 Å². The molecule has 23 heavy (non-hydrogen) atoms. The predicted molar refractivity (Wildman–Crippen MR) is 95.1 cm³/mol. The first-order chi connectivity index (χ1) is 10.9. The van der Waals surface area contributed by atoms with Crippen molar-refractivity contribution < 1.29 is 14.6 Å². The Bertz CT molecular complexity index is 581. The van der Waals surface area contributed by atoms with Crippen LogP contribution >= 0.6 is 0 Å². The Kier molecular flexibility index (Phi) is 7.33. The average Bonchev–Trinajstić information content (AvgIpc) is 2.54. The highest BCUT2D eigenvalue weighted by atomic mass is 16.5. The normalized spacial score (nSPS) is 14.5. The van der Waals surface area contributed by atoms with Gasteiger partial charge in [0.05, 0.1) is 6.61 Å². The molecule has 0 saturated heterocycles. The molecule has 0 bridgehead atoms. The van der Waals surface area contributed by atoms with Crippen molar-refractivity contribution >= 4 is 12.0 Å². The van der Waals surface area contributed by atoms with Gasteiger partial charge in [-0.05, 0) is 44.4 Å². The van der Waals surface area contributed by atoms with E-state index in [4.69, 9.17) is 4.74 Å². The van der Waals surface area contributed by atoms with Gasteiger partial charge < -0.3 is 9.84 Å². The third-order valence-electron chi connectivity index (χ3n) is 3.75.